The van der Waals surface area contributed by atoms with Crippen molar-refractivity contribution in [2.45, 2.75) is 0 Å². The molecule has 0 N–H and O–H groups in total. The lowest BCUT2D eigenvalue weighted by Gasteiger charge is -2.01. The predicted molar refractivity (Wildman–Crippen MR) is 65.1 cm³/mol. The standard InChI is InChI=1S/C13H9BrO/c14-13(15)12-8-6-11(7-9-12)10-4-2-1-3-5-10/h1-9H. The van der Waals surface area contributed by atoms with E-state index in [1.807, 2.05) is 54.6 Å². The van der Waals surface area contributed by atoms with Gasteiger partial charge in [0.2, 0.25) is 4.69 Å². The molecule has 0 aliphatic rings. The fourth-order valence-corrected chi connectivity index (χ4v) is 1.69. The maximum absolute atomic E-state index is 11.0. The molecule has 0 saturated carbocycles. The lowest BCUT2D eigenvalue weighted by atomic mass is 10.0. The summed E-state index contributed by atoms with van der Waals surface area (Å²) in [5, 5.41) is 0. The van der Waals surface area contributed by atoms with Gasteiger partial charge in [0.15, 0.2) is 0 Å². The van der Waals surface area contributed by atoms with Gasteiger partial charge < -0.3 is 0 Å². The molecule has 2 rings (SSSR count). The summed E-state index contributed by atoms with van der Waals surface area (Å²) >= 11 is 2.92. The molecule has 0 bridgehead atoms. The van der Waals surface area contributed by atoms with Gasteiger partial charge in [0, 0.05) is 5.56 Å². The molecule has 0 aliphatic carbocycles. The molecule has 2 aromatic carbocycles. The number of halogens is 1. The van der Waals surface area contributed by atoms with E-state index in [1.54, 1.807) is 0 Å². The molecule has 0 atom stereocenters. The molecule has 0 fully saturated rings. The minimum atomic E-state index is -0.0814. The number of carbonyl (C=O) groups excluding carboxylic acids is 1. The van der Waals surface area contributed by atoms with E-state index in [2.05, 4.69) is 15.9 Å². The molecular formula is C13H9BrO. The van der Waals surface area contributed by atoms with E-state index >= 15 is 0 Å². The van der Waals surface area contributed by atoms with Gasteiger partial charge in [0.05, 0.1) is 0 Å². The summed E-state index contributed by atoms with van der Waals surface area (Å²) < 4.78 is -0.0814. The fourth-order valence-electron chi connectivity index (χ4n) is 1.42. The largest absolute Gasteiger partial charge is 0.281 e. The topological polar surface area (TPSA) is 17.1 Å². The highest BCUT2D eigenvalue weighted by molar-refractivity contribution is 9.18. The Morgan fingerprint density at radius 2 is 1.33 bits per heavy atom. The van der Waals surface area contributed by atoms with Gasteiger partial charge in [-0.15, -0.1) is 0 Å². The maximum atomic E-state index is 11.0. The van der Waals surface area contributed by atoms with Crippen LogP contribution in [0, 0.1) is 0 Å². The summed E-state index contributed by atoms with van der Waals surface area (Å²) in [6.07, 6.45) is 0. The molecule has 0 saturated heterocycles. The molecule has 0 aromatic heterocycles. The zero-order valence-electron chi connectivity index (χ0n) is 7.98. The maximum Gasteiger partial charge on any atom is 0.228 e. The molecule has 0 radical (unpaired) electrons. The molecule has 15 heavy (non-hydrogen) atoms. The first kappa shape index (κ1) is 10.1. The molecular weight excluding hydrogens is 252 g/mol. The van der Waals surface area contributed by atoms with Crippen molar-refractivity contribution in [2.75, 3.05) is 0 Å². The summed E-state index contributed by atoms with van der Waals surface area (Å²) in [6, 6.07) is 17.6. The average molecular weight is 261 g/mol. The predicted octanol–water partition coefficient (Wildman–Crippen LogP) is 3.89. The third kappa shape index (κ3) is 2.34. The first-order valence-corrected chi connectivity index (χ1v) is 5.42. The summed E-state index contributed by atoms with van der Waals surface area (Å²) in [6.45, 7) is 0. The van der Waals surface area contributed by atoms with Crippen LogP contribution in [0.2, 0.25) is 0 Å². The van der Waals surface area contributed by atoms with Crippen LogP contribution >= 0.6 is 15.9 Å². The minimum absolute atomic E-state index is 0.0814. The van der Waals surface area contributed by atoms with Crippen LogP contribution in [-0.4, -0.2) is 4.69 Å². The molecule has 0 aliphatic heterocycles. The molecule has 2 heteroatoms. The van der Waals surface area contributed by atoms with Gasteiger partial charge in [0.1, 0.15) is 0 Å². The number of benzene rings is 2. The van der Waals surface area contributed by atoms with Crippen molar-refractivity contribution in [2.24, 2.45) is 0 Å². The Morgan fingerprint density at radius 1 is 0.800 bits per heavy atom. The number of hydrogen-bond acceptors (Lipinski definition) is 1. The molecule has 0 amide bonds. The average Bonchev–Trinajstić information content (AvgIpc) is 2.30. The van der Waals surface area contributed by atoms with Crippen molar-refractivity contribution < 1.29 is 4.79 Å². The van der Waals surface area contributed by atoms with Gasteiger partial charge in [-0.05, 0) is 39.2 Å². The number of carbonyl (C=O) groups is 1. The number of rotatable bonds is 2. The summed E-state index contributed by atoms with van der Waals surface area (Å²) in [7, 11) is 0. The zero-order chi connectivity index (χ0) is 10.7. The number of hydrogen-bond donors (Lipinski definition) is 0. The molecule has 0 heterocycles. The zero-order valence-corrected chi connectivity index (χ0v) is 9.57. The molecule has 0 spiro atoms. The van der Waals surface area contributed by atoms with Crippen molar-refractivity contribution >= 4 is 20.6 Å². The summed E-state index contributed by atoms with van der Waals surface area (Å²) in [5.41, 5.74) is 2.95. The lowest BCUT2D eigenvalue weighted by Crippen LogP contribution is -1.86. The lowest BCUT2D eigenvalue weighted by molar-refractivity contribution is 0.109. The molecule has 1 nitrogen and oxygen atoms in total. The molecule has 74 valence electrons. The summed E-state index contributed by atoms with van der Waals surface area (Å²) in [5.74, 6) is 0. The van der Waals surface area contributed by atoms with E-state index < -0.39 is 0 Å². The van der Waals surface area contributed by atoms with E-state index in [0.29, 0.717) is 5.56 Å². The molecule has 2 aromatic rings. The van der Waals surface area contributed by atoms with E-state index in [0.717, 1.165) is 11.1 Å². The van der Waals surface area contributed by atoms with E-state index in [9.17, 15) is 4.79 Å². The van der Waals surface area contributed by atoms with Crippen LogP contribution in [0.25, 0.3) is 11.1 Å². The molecule has 0 unspecified atom stereocenters. The minimum Gasteiger partial charge on any atom is -0.281 e. The Morgan fingerprint density at radius 3 is 1.87 bits per heavy atom. The van der Waals surface area contributed by atoms with Crippen LogP contribution in [0.5, 0.6) is 0 Å². The van der Waals surface area contributed by atoms with Crippen molar-refractivity contribution in [1.29, 1.82) is 0 Å². The second-order valence-corrected chi connectivity index (χ2v) is 3.94. The Labute approximate surface area is 96.9 Å². The van der Waals surface area contributed by atoms with Gasteiger partial charge in [-0.2, -0.15) is 0 Å². The van der Waals surface area contributed by atoms with Crippen molar-refractivity contribution in [3.05, 3.63) is 60.2 Å². The Kier molecular flexibility index (Phi) is 2.97. The van der Waals surface area contributed by atoms with E-state index in [4.69, 9.17) is 0 Å². The van der Waals surface area contributed by atoms with Crippen LogP contribution in [-0.2, 0) is 0 Å². The smallest absolute Gasteiger partial charge is 0.228 e. The van der Waals surface area contributed by atoms with Crippen LogP contribution in [0.15, 0.2) is 54.6 Å². The first-order valence-electron chi connectivity index (χ1n) is 4.63. The van der Waals surface area contributed by atoms with Gasteiger partial charge in [0.25, 0.3) is 0 Å². The Hall–Kier alpha value is -1.41. The Bertz CT molecular complexity index is 460. The first-order chi connectivity index (χ1) is 7.27. The van der Waals surface area contributed by atoms with Crippen molar-refractivity contribution in [3.63, 3.8) is 0 Å². The highest BCUT2D eigenvalue weighted by atomic mass is 79.9. The van der Waals surface area contributed by atoms with Crippen LogP contribution in [0.3, 0.4) is 0 Å². The van der Waals surface area contributed by atoms with Gasteiger partial charge >= 0.3 is 0 Å². The monoisotopic (exact) mass is 260 g/mol. The highest BCUT2D eigenvalue weighted by Gasteiger charge is 2.01. The van der Waals surface area contributed by atoms with E-state index in [1.165, 1.54) is 0 Å². The summed E-state index contributed by atoms with van der Waals surface area (Å²) in [4.78, 5) is 11.0. The van der Waals surface area contributed by atoms with E-state index in [-0.39, 0.29) is 4.69 Å². The second-order valence-electron chi connectivity index (χ2n) is 3.22. The SMILES string of the molecule is O=C(Br)c1ccc(-c2ccccc2)cc1. The van der Waals surface area contributed by atoms with Crippen molar-refractivity contribution in [1.82, 2.24) is 0 Å². The fraction of sp³-hybridized carbons (Fsp3) is 0. The third-order valence-corrected chi connectivity index (χ3v) is 2.68. The van der Waals surface area contributed by atoms with Crippen LogP contribution in [0.1, 0.15) is 10.4 Å². The quantitative estimate of drug-likeness (QED) is 0.749. The van der Waals surface area contributed by atoms with Crippen LogP contribution < -0.4 is 0 Å². The van der Waals surface area contributed by atoms with Gasteiger partial charge in [-0.25, -0.2) is 0 Å². The normalized spacial score (nSPS) is 9.93. The van der Waals surface area contributed by atoms with Crippen molar-refractivity contribution in [3.8, 4) is 11.1 Å². The highest BCUT2D eigenvalue weighted by Crippen LogP contribution is 2.19. The van der Waals surface area contributed by atoms with Gasteiger partial charge in [-0.3, -0.25) is 4.79 Å². The van der Waals surface area contributed by atoms with Crippen LogP contribution in [0.4, 0.5) is 0 Å². The third-order valence-electron chi connectivity index (χ3n) is 2.22. The second kappa shape index (κ2) is 4.41. The van der Waals surface area contributed by atoms with Gasteiger partial charge in [-0.1, -0.05) is 42.5 Å². The Balaban J connectivity index is 2.36.